The Hall–Kier alpha value is -2.29. The molecular weight excluding hydrogens is 322 g/mol. The Kier molecular flexibility index (Phi) is 5.65. The van der Waals surface area contributed by atoms with Gasteiger partial charge in [0.1, 0.15) is 5.75 Å². The van der Waals surface area contributed by atoms with Gasteiger partial charge < -0.3 is 10.1 Å². The Labute approximate surface area is 156 Å². The van der Waals surface area contributed by atoms with Gasteiger partial charge in [-0.1, -0.05) is 44.2 Å². The van der Waals surface area contributed by atoms with Crippen molar-refractivity contribution in [3.8, 4) is 5.75 Å². The van der Waals surface area contributed by atoms with Crippen molar-refractivity contribution < 1.29 is 9.53 Å². The van der Waals surface area contributed by atoms with Crippen LogP contribution in [0.25, 0.3) is 0 Å². The van der Waals surface area contributed by atoms with Gasteiger partial charge in [0.25, 0.3) is 5.91 Å². The molecule has 3 nitrogen and oxygen atoms in total. The van der Waals surface area contributed by atoms with E-state index in [2.05, 4.69) is 49.5 Å². The van der Waals surface area contributed by atoms with E-state index in [1.807, 2.05) is 19.9 Å². The van der Waals surface area contributed by atoms with Gasteiger partial charge in [-0.25, -0.2) is 0 Å². The van der Waals surface area contributed by atoms with Crippen molar-refractivity contribution in [2.45, 2.75) is 58.9 Å². The SMILES string of the molecule is Cc1ccc(C(C)C)c(OCC(=O)N[C@H](C)c2ccc3c(c2)CCC3)c1. The van der Waals surface area contributed by atoms with Crippen LogP contribution < -0.4 is 10.1 Å². The molecule has 0 saturated carbocycles. The normalized spacial score (nSPS) is 14.2. The second-order valence-corrected chi connectivity index (χ2v) is 7.66. The average molecular weight is 351 g/mol. The Morgan fingerprint density at radius 2 is 1.85 bits per heavy atom. The minimum atomic E-state index is -0.0887. The van der Waals surface area contributed by atoms with Gasteiger partial charge in [0, 0.05) is 0 Å². The van der Waals surface area contributed by atoms with E-state index in [0.717, 1.165) is 28.9 Å². The van der Waals surface area contributed by atoms with Crippen molar-refractivity contribution in [1.29, 1.82) is 0 Å². The van der Waals surface area contributed by atoms with Gasteiger partial charge in [0.15, 0.2) is 6.61 Å². The first-order valence-electron chi connectivity index (χ1n) is 9.58. The molecule has 0 radical (unpaired) electrons. The quantitative estimate of drug-likeness (QED) is 0.807. The lowest BCUT2D eigenvalue weighted by molar-refractivity contribution is -0.123. The summed E-state index contributed by atoms with van der Waals surface area (Å²) >= 11 is 0. The molecule has 1 atom stereocenters. The second-order valence-electron chi connectivity index (χ2n) is 7.66. The number of amides is 1. The van der Waals surface area contributed by atoms with Crippen molar-refractivity contribution in [3.05, 3.63) is 64.2 Å². The first-order valence-corrected chi connectivity index (χ1v) is 9.58. The van der Waals surface area contributed by atoms with Crippen LogP contribution in [0.3, 0.4) is 0 Å². The Morgan fingerprint density at radius 3 is 2.62 bits per heavy atom. The van der Waals surface area contributed by atoms with Crippen molar-refractivity contribution in [2.24, 2.45) is 0 Å². The molecule has 0 fully saturated rings. The summed E-state index contributed by atoms with van der Waals surface area (Å²) in [6.45, 7) is 8.37. The van der Waals surface area contributed by atoms with Gasteiger partial charge in [-0.05, 0) is 72.9 Å². The number of nitrogens with one attached hydrogen (secondary N) is 1. The van der Waals surface area contributed by atoms with Gasteiger partial charge in [-0.2, -0.15) is 0 Å². The molecule has 0 aliphatic heterocycles. The monoisotopic (exact) mass is 351 g/mol. The molecule has 1 amide bonds. The van der Waals surface area contributed by atoms with E-state index < -0.39 is 0 Å². The number of carbonyl (C=O) groups excluding carboxylic acids is 1. The Balaban J connectivity index is 1.60. The highest BCUT2D eigenvalue weighted by Gasteiger charge is 2.16. The first-order chi connectivity index (χ1) is 12.4. The van der Waals surface area contributed by atoms with Crippen LogP contribution in [0.4, 0.5) is 0 Å². The fourth-order valence-corrected chi connectivity index (χ4v) is 3.61. The van der Waals surface area contributed by atoms with Crippen molar-refractivity contribution in [3.63, 3.8) is 0 Å². The van der Waals surface area contributed by atoms with Gasteiger partial charge >= 0.3 is 0 Å². The van der Waals surface area contributed by atoms with E-state index in [9.17, 15) is 4.79 Å². The number of carbonyl (C=O) groups is 1. The van der Waals surface area contributed by atoms with E-state index in [-0.39, 0.29) is 18.6 Å². The van der Waals surface area contributed by atoms with E-state index >= 15 is 0 Å². The maximum Gasteiger partial charge on any atom is 0.258 e. The fourth-order valence-electron chi connectivity index (χ4n) is 3.61. The van der Waals surface area contributed by atoms with E-state index in [4.69, 9.17) is 4.74 Å². The number of hydrogen-bond donors (Lipinski definition) is 1. The van der Waals surface area contributed by atoms with Crippen LogP contribution in [0.1, 0.15) is 67.0 Å². The van der Waals surface area contributed by atoms with Crippen LogP contribution in [0.2, 0.25) is 0 Å². The number of hydrogen-bond acceptors (Lipinski definition) is 2. The number of benzene rings is 2. The standard InChI is InChI=1S/C23H29NO2/c1-15(2)21-11-8-16(3)12-22(21)26-14-23(25)24-17(4)19-10-9-18-6-5-7-20(18)13-19/h8-13,15,17H,5-7,14H2,1-4H3,(H,24,25)/t17-/m1/s1. The number of aryl methyl sites for hydroxylation is 3. The summed E-state index contributed by atoms with van der Waals surface area (Å²) in [5, 5.41) is 3.06. The molecule has 0 heterocycles. The largest absolute Gasteiger partial charge is 0.483 e. The molecule has 1 N–H and O–H groups in total. The second kappa shape index (κ2) is 7.94. The molecule has 0 saturated heterocycles. The summed E-state index contributed by atoms with van der Waals surface area (Å²) in [5.41, 5.74) is 6.32. The molecule has 0 bridgehead atoms. The van der Waals surface area contributed by atoms with Crippen LogP contribution in [-0.4, -0.2) is 12.5 Å². The van der Waals surface area contributed by atoms with Crippen LogP contribution in [-0.2, 0) is 17.6 Å². The van der Waals surface area contributed by atoms with Crippen LogP contribution >= 0.6 is 0 Å². The average Bonchev–Trinajstić information content (AvgIpc) is 3.07. The molecular formula is C23H29NO2. The molecule has 1 aliphatic carbocycles. The highest BCUT2D eigenvalue weighted by atomic mass is 16.5. The smallest absolute Gasteiger partial charge is 0.258 e. The number of ether oxygens (including phenoxy) is 1. The third kappa shape index (κ3) is 4.27. The molecule has 3 rings (SSSR count). The van der Waals surface area contributed by atoms with E-state index in [1.54, 1.807) is 0 Å². The van der Waals surface area contributed by atoms with E-state index in [1.165, 1.54) is 24.0 Å². The highest BCUT2D eigenvalue weighted by molar-refractivity contribution is 5.78. The summed E-state index contributed by atoms with van der Waals surface area (Å²) in [7, 11) is 0. The number of fused-ring (bicyclic) bond motifs is 1. The molecule has 0 spiro atoms. The van der Waals surface area contributed by atoms with Crippen molar-refractivity contribution in [2.75, 3.05) is 6.61 Å². The lowest BCUT2D eigenvalue weighted by atomic mass is 10.0. The Bertz CT molecular complexity index is 795. The zero-order chi connectivity index (χ0) is 18.7. The van der Waals surface area contributed by atoms with Crippen LogP contribution in [0, 0.1) is 6.92 Å². The highest BCUT2D eigenvalue weighted by Crippen LogP contribution is 2.28. The molecule has 0 aromatic heterocycles. The van der Waals surface area contributed by atoms with Crippen molar-refractivity contribution in [1.82, 2.24) is 5.32 Å². The molecule has 2 aromatic carbocycles. The molecule has 3 heteroatoms. The Morgan fingerprint density at radius 1 is 1.08 bits per heavy atom. The molecule has 138 valence electrons. The maximum absolute atomic E-state index is 12.4. The number of rotatable bonds is 6. The molecule has 0 unspecified atom stereocenters. The van der Waals surface area contributed by atoms with E-state index in [0.29, 0.717) is 5.92 Å². The topological polar surface area (TPSA) is 38.3 Å². The summed E-state index contributed by atoms with van der Waals surface area (Å²) in [6, 6.07) is 12.7. The molecule has 2 aromatic rings. The fraction of sp³-hybridized carbons (Fsp3) is 0.435. The third-order valence-electron chi connectivity index (χ3n) is 5.15. The van der Waals surface area contributed by atoms with Gasteiger partial charge in [0.2, 0.25) is 0 Å². The zero-order valence-electron chi connectivity index (χ0n) is 16.3. The predicted octanol–water partition coefficient (Wildman–Crippen LogP) is 4.86. The lowest BCUT2D eigenvalue weighted by Gasteiger charge is -2.18. The summed E-state index contributed by atoms with van der Waals surface area (Å²) in [4.78, 5) is 12.4. The lowest BCUT2D eigenvalue weighted by Crippen LogP contribution is -2.31. The van der Waals surface area contributed by atoms with Gasteiger partial charge in [-0.15, -0.1) is 0 Å². The summed E-state index contributed by atoms with van der Waals surface area (Å²) < 4.78 is 5.84. The summed E-state index contributed by atoms with van der Waals surface area (Å²) in [5.74, 6) is 1.08. The van der Waals surface area contributed by atoms with Gasteiger partial charge in [-0.3, -0.25) is 4.79 Å². The third-order valence-corrected chi connectivity index (χ3v) is 5.15. The maximum atomic E-state index is 12.4. The zero-order valence-corrected chi connectivity index (χ0v) is 16.3. The molecule has 26 heavy (non-hydrogen) atoms. The minimum absolute atomic E-state index is 0.0147. The van der Waals surface area contributed by atoms with Gasteiger partial charge in [0.05, 0.1) is 6.04 Å². The summed E-state index contributed by atoms with van der Waals surface area (Å²) in [6.07, 6.45) is 3.57. The predicted molar refractivity (Wildman–Crippen MR) is 106 cm³/mol. The molecule has 1 aliphatic rings. The van der Waals surface area contributed by atoms with Crippen molar-refractivity contribution >= 4 is 5.91 Å². The van der Waals surface area contributed by atoms with Crippen LogP contribution in [0.5, 0.6) is 5.75 Å². The first kappa shape index (κ1) is 18.5. The minimum Gasteiger partial charge on any atom is -0.483 e. The van der Waals surface area contributed by atoms with Crippen LogP contribution in [0.15, 0.2) is 36.4 Å².